The van der Waals surface area contributed by atoms with Crippen LogP contribution in [0.1, 0.15) is 67.7 Å². The van der Waals surface area contributed by atoms with Crippen LogP contribution in [0.25, 0.3) is 0 Å². The van der Waals surface area contributed by atoms with Crippen molar-refractivity contribution in [3.63, 3.8) is 0 Å². The molecule has 2 aliphatic rings. The summed E-state index contributed by atoms with van der Waals surface area (Å²) >= 11 is 0. The molecule has 166 valence electrons. The van der Waals surface area contributed by atoms with Crippen molar-refractivity contribution in [2.45, 2.75) is 71.5 Å². The number of aryl methyl sites for hydroxylation is 2. The molecule has 0 saturated carbocycles. The van der Waals surface area contributed by atoms with E-state index in [1.54, 1.807) is 15.8 Å². The minimum atomic E-state index is -0.240. The Morgan fingerprint density at radius 3 is 2.81 bits per heavy atom. The highest BCUT2D eigenvalue weighted by molar-refractivity contribution is 5.77. The van der Waals surface area contributed by atoms with E-state index in [1.165, 1.54) is 0 Å². The summed E-state index contributed by atoms with van der Waals surface area (Å²) in [7, 11) is 0. The number of nitrogens with one attached hydrogen (secondary N) is 1. The van der Waals surface area contributed by atoms with Gasteiger partial charge in [0.25, 0.3) is 5.56 Å². The Morgan fingerprint density at radius 2 is 2.06 bits per heavy atom. The average Bonchev–Trinajstić information content (AvgIpc) is 3.21. The molecule has 2 amide bonds. The molecule has 0 aromatic carbocycles. The Hall–Kier alpha value is -2.97. The first-order chi connectivity index (χ1) is 15.0. The van der Waals surface area contributed by atoms with Crippen molar-refractivity contribution < 1.29 is 9.59 Å². The Morgan fingerprint density at radius 1 is 1.23 bits per heavy atom. The smallest absolute Gasteiger partial charge is 0.254 e. The fourth-order valence-corrected chi connectivity index (χ4v) is 4.51. The predicted molar refractivity (Wildman–Crippen MR) is 114 cm³/mol. The van der Waals surface area contributed by atoms with E-state index in [0.717, 1.165) is 24.8 Å². The van der Waals surface area contributed by atoms with Gasteiger partial charge in [0, 0.05) is 44.2 Å². The van der Waals surface area contributed by atoms with E-state index < -0.39 is 0 Å². The van der Waals surface area contributed by atoms with Crippen molar-refractivity contribution in [2.24, 2.45) is 0 Å². The molecule has 2 aliphatic heterocycles. The summed E-state index contributed by atoms with van der Waals surface area (Å²) in [6, 6.07) is -0.240. The van der Waals surface area contributed by atoms with Gasteiger partial charge >= 0.3 is 0 Å². The lowest BCUT2D eigenvalue weighted by Gasteiger charge is -2.36. The molecule has 9 nitrogen and oxygen atoms in total. The molecule has 0 spiro atoms. The van der Waals surface area contributed by atoms with Crippen molar-refractivity contribution in [2.75, 3.05) is 13.1 Å². The molecule has 0 radical (unpaired) electrons. The fourth-order valence-electron chi connectivity index (χ4n) is 4.51. The number of carbonyl (C=O) groups excluding carboxylic acids is 2. The number of amides is 2. The number of hydrogen-bond acceptors (Lipinski definition) is 5. The van der Waals surface area contributed by atoms with Crippen LogP contribution in [0.5, 0.6) is 0 Å². The third-order valence-electron chi connectivity index (χ3n) is 6.20. The highest BCUT2D eigenvalue weighted by Gasteiger charge is 2.31. The van der Waals surface area contributed by atoms with E-state index >= 15 is 0 Å². The largest absolute Gasteiger partial charge is 0.336 e. The molecule has 31 heavy (non-hydrogen) atoms. The first-order valence-electron chi connectivity index (χ1n) is 11.1. The van der Waals surface area contributed by atoms with Crippen LogP contribution in [-0.4, -0.2) is 54.5 Å². The van der Waals surface area contributed by atoms with Crippen molar-refractivity contribution in [1.82, 2.24) is 29.5 Å². The minimum Gasteiger partial charge on any atom is -0.336 e. The van der Waals surface area contributed by atoms with Gasteiger partial charge in [-0.05, 0) is 38.2 Å². The van der Waals surface area contributed by atoms with Gasteiger partial charge in [-0.3, -0.25) is 19.1 Å². The lowest BCUT2D eigenvalue weighted by atomic mass is 9.99. The predicted octanol–water partition coefficient (Wildman–Crippen LogP) is 1.71. The average molecular weight is 427 g/mol. The molecule has 1 N–H and O–H groups in total. The molecule has 2 aromatic rings. The standard InChI is InChI=1S/C22H30N6O3/c1-3-19(29)26-10-7-16-17(14-26)24-21(25-22(16)31)18-6-4-5-9-28(18)20(30)8-11-27-13-15(2)12-23-27/h12-13,18H,3-11,14H2,1-2H3,(H,24,25,31)/t18-/m0/s1. The molecule has 4 rings (SSSR count). The van der Waals surface area contributed by atoms with Gasteiger partial charge in [0.2, 0.25) is 11.8 Å². The number of aromatic amines is 1. The fraction of sp³-hybridized carbons (Fsp3) is 0.591. The number of nitrogens with zero attached hydrogens (tertiary/aromatic N) is 5. The molecule has 1 saturated heterocycles. The second-order valence-corrected chi connectivity index (χ2v) is 8.42. The van der Waals surface area contributed by atoms with Crippen LogP contribution in [0, 0.1) is 6.92 Å². The second-order valence-electron chi connectivity index (χ2n) is 8.42. The molecular formula is C22H30N6O3. The summed E-state index contributed by atoms with van der Waals surface area (Å²) in [5, 5.41) is 4.25. The van der Waals surface area contributed by atoms with E-state index in [1.807, 2.05) is 24.9 Å². The zero-order chi connectivity index (χ0) is 22.0. The van der Waals surface area contributed by atoms with E-state index in [9.17, 15) is 14.4 Å². The quantitative estimate of drug-likeness (QED) is 0.784. The third kappa shape index (κ3) is 4.55. The van der Waals surface area contributed by atoms with Crippen molar-refractivity contribution in [3.05, 3.63) is 45.4 Å². The summed E-state index contributed by atoms with van der Waals surface area (Å²) in [6.45, 7) is 5.90. The number of carbonyl (C=O) groups is 2. The molecule has 0 aliphatic carbocycles. The number of piperidine rings is 1. The first kappa shape index (κ1) is 21.3. The van der Waals surface area contributed by atoms with Crippen LogP contribution in [0.4, 0.5) is 0 Å². The Balaban J connectivity index is 1.54. The van der Waals surface area contributed by atoms with Gasteiger partial charge < -0.3 is 14.8 Å². The van der Waals surface area contributed by atoms with Gasteiger partial charge in [0.15, 0.2) is 0 Å². The van der Waals surface area contributed by atoms with Crippen LogP contribution in [0.15, 0.2) is 17.2 Å². The number of likely N-dealkylation sites (tertiary alicyclic amines) is 1. The second kappa shape index (κ2) is 9.03. The highest BCUT2D eigenvalue weighted by atomic mass is 16.2. The number of fused-ring (bicyclic) bond motifs is 1. The number of H-pyrrole nitrogens is 1. The summed E-state index contributed by atoms with van der Waals surface area (Å²) in [5.74, 6) is 0.649. The number of hydrogen-bond donors (Lipinski definition) is 1. The Labute approximate surface area is 181 Å². The molecule has 1 fully saturated rings. The maximum absolute atomic E-state index is 13.0. The normalized spacial score (nSPS) is 18.7. The van der Waals surface area contributed by atoms with E-state index in [0.29, 0.717) is 62.5 Å². The van der Waals surface area contributed by atoms with Crippen molar-refractivity contribution >= 4 is 11.8 Å². The van der Waals surface area contributed by atoms with E-state index in [4.69, 9.17) is 4.98 Å². The van der Waals surface area contributed by atoms with Crippen LogP contribution in [-0.2, 0) is 29.1 Å². The zero-order valence-corrected chi connectivity index (χ0v) is 18.3. The summed E-state index contributed by atoms with van der Waals surface area (Å²) in [4.78, 5) is 49.2. The van der Waals surface area contributed by atoms with Gasteiger partial charge in [-0.15, -0.1) is 0 Å². The van der Waals surface area contributed by atoms with Gasteiger partial charge in [-0.2, -0.15) is 5.10 Å². The first-order valence-corrected chi connectivity index (χ1v) is 11.1. The summed E-state index contributed by atoms with van der Waals surface area (Å²) < 4.78 is 1.78. The van der Waals surface area contributed by atoms with Crippen LogP contribution >= 0.6 is 0 Å². The summed E-state index contributed by atoms with van der Waals surface area (Å²) in [6.07, 6.45) is 7.70. The molecule has 4 heterocycles. The third-order valence-corrected chi connectivity index (χ3v) is 6.20. The van der Waals surface area contributed by atoms with Gasteiger partial charge in [-0.1, -0.05) is 6.92 Å². The highest BCUT2D eigenvalue weighted by Crippen LogP contribution is 2.30. The number of rotatable bonds is 5. The van der Waals surface area contributed by atoms with E-state index in [-0.39, 0.29) is 23.4 Å². The van der Waals surface area contributed by atoms with Gasteiger partial charge in [0.05, 0.1) is 24.5 Å². The number of aromatic nitrogens is 4. The Kier molecular flexibility index (Phi) is 6.20. The maximum Gasteiger partial charge on any atom is 0.254 e. The van der Waals surface area contributed by atoms with Crippen LogP contribution in [0.2, 0.25) is 0 Å². The lowest BCUT2D eigenvalue weighted by Crippen LogP contribution is -2.42. The lowest BCUT2D eigenvalue weighted by molar-refractivity contribution is -0.135. The molecule has 0 unspecified atom stereocenters. The molecule has 9 heteroatoms. The van der Waals surface area contributed by atoms with Crippen molar-refractivity contribution in [1.29, 1.82) is 0 Å². The molecular weight excluding hydrogens is 396 g/mol. The molecule has 1 atom stereocenters. The van der Waals surface area contributed by atoms with E-state index in [2.05, 4.69) is 10.1 Å². The molecule has 2 aromatic heterocycles. The SMILES string of the molecule is CCC(=O)N1CCc2c(nc([C@@H]3CCCCN3C(=O)CCn3cc(C)cn3)[nH]c2=O)C1. The zero-order valence-electron chi connectivity index (χ0n) is 18.3. The van der Waals surface area contributed by atoms with Gasteiger partial charge in [0.1, 0.15) is 5.82 Å². The maximum atomic E-state index is 13.0. The molecule has 0 bridgehead atoms. The Bertz CT molecular complexity index is 1030. The van der Waals surface area contributed by atoms with Crippen molar-refractivity contribution in [3.8, 4) is 0 Å². The monoisotopic (exact) mass is 426 g/mol. The topological polar surface area (TPSA) is 104 Å². The van der Waals surface area contributed by atoms with Crippen LogP contribution in [0.3, 0.4) is 0 Å². The summed E-state index contributed by atoms with van der Waals surface area (Å²) in [5.41, 5.74) is 2.24. The van der Waals surface area contributed by atoms with Gasteiger partial charge in [-0.25, -0.2) is 4.98 Å². The van der Waals surface area contributed by atoms with Crippen LogP contribution < -0.4 is 5.56 Å². The minimum absolute atomic E-state index is 0.0426.